The Labute approximate surface area is 491 Å². The summed E-state index contributed by atoms with van der Waals surface area (Å²) < 4.78 is 0. The smallest absolute Gasteiger partial charge is 0.357 e. The molecule has 0 radical (unpaired) electrons. The molecule has 0 spiro atoms. The molecule has 0 saturated carbocycles. The van der Waals surface area contributed by atoms with Crippen LogP contribution in [0, 0.1) is 41.7 Å². The van der Waals surface area contributed by atoms with Crippen molar-refractivity contribution in [3.05, 3.63) is 194 Å². The zero-order valence-electron chi connectivity index (χ0n) is 42.1. The third-order valence-corrected chi connectivity index (χ3v) is 14.7. The van der Waals surface area contributed by atoms with Crippen LogP contribution >= 0.6 is 0 Å². The monoisotopic (exact) mass is 1160 g/mol. The average Bonchev–Trinajstić information content (AvgIpc) is 4.53. The molecule has 0 N–H and O–H groups in total. The maximum atomic E-state index is 4.95. The number of benzene rings is 8. The van der Waals surface area contributed by atoms with Crippen molar-refractivity contribution >= 4 is 88.3 Å². The molecule has 8 aromatic carbocycles. The minimum atomic E-state index is 0. The van der Waals surface area contributed by atoms with Gasteiger partial charge in [0.1, 0.15) is 0 Å². The molecule has 16 nitrogen and oxygen atoms in total. The zero-order chi connectivity index (χ0) is 52.4. The first-order valence-corrected chi connectivity index (χ1v) is 25.8. The molecule has 0 aliphatic carbocycles. The van der Waals surface area contributed by atoms with E-state index in [1.165, 1.54) is 0 Å². The number of hydrogen-bond acceptors (Lipinski definition) is 12. The fourth-order valence-corrected chi connectivity index (χ4v) is 10.9. The predicted molar refractivity (Wildman–Crippen MR) is 308 cm³/mol. The molecule has 17 heteroatoms. The third-order valence-electron chi connectivity index (χ3n) is 14.7. The van der Waals surface area contributed by atoms with E-state index in [-0.39, 0.29) is 41.7 Å². The Balaban J connectivity index is 0.000000132. The zero-order valence-corrected chi connectivity index (χ0v) is 45.3. The molecular weight excluding hydrogens is 1130 g/mol. The topological polar surface area (TPSA) is 211 Å². The number of rotatable bonds is 0. The number of hydrogen-bond donors (Lipinski definition) is 0. The summed E-state index contributed by atoms with van der Waals surface area (Å²) in [5, 5.41) is 7.15. The molecule has 6 aromatic heterocycles. The van der Waals surface area contributed by atoms with Gasteiger partial charge >= 0.3 is 41.7 Å². The van der Waals surface area contributed by atoms with Crippen LogP contribution in [0.25, 0.3) is 179 Å². The molecular formula is C64H32CeN16. The Bertz CT molecular complexity index is 4390. The fourth-order valence-electron chi connectivity index (χ4n) is 10.9. The molecule has 4 aliphatic heterocycles. The largest absolute Gasteiger partial charge is 4.00 e. The van der Waals surface area contributed by atoms with Crippen molar-refractivity contribution in [2.24, 2.45) is 0 Å². The number of fused-ring (bicyclic) bond motifs is 40. The maximum absolute atomic E-state index is 4.95. The Kier molecular flexibility index (Phi) is 10.7. The molecule has 0 amide bonds. The van der Waals surface area contributed by atoms with Gasteiger partial charge in [-0.1, -0.05) is 194 Å². The van der Waals surface area contributed by atoms with Gasteiger partial charge in [0.15, 0.2) is 0 Å². The van der Waals surface area contributed by atoms with Crippen LogP contribution < -0.4 is 19.9 Å². The molecule has 0 saturated heterocycles. The van der Waals surface area contributed by atoms with Crippen molar-refractivity contribution in [3.63, 3.8) is 0 Å². The minimum absolute atomic E-state index is 0. The summed E-state index contributed by atoms with van der Waals surface area (Å²) in [7, 11) is 0. The summed E-state index contributed by atoms with van der Waals surface area (Å²) in [6.45, 7) is 0. The van der Waals surface area contributed by atoms with Crippen LogP contribution in [0.15, 0.2) is 194 Å². The van der Waals surface area contributed by atoms with E-state index in [0.717, 1.165) is 87.6 Å². The van der Waals surface area contributed by atoms with Crippen LogP contribution in [0.2, 0.25) is 0 Å². The first-order valence-electron chi connectivity index (χ1n) is 25.8. The van der Waals surface area contributed by atoms with Gasteiger partial charge in [0.05, 0.1) is 46.6 Å². The summed E-state index contributed by atoms with van der Waals surface area (Å²) in [6, 6.07) is 63.7. The molecule has 0 atom stereocenters. The second-order valence-corrected chi connectivity index (χ2v) is 19.3. The van der Waals surface area contributed by atoms with Gasteiger partial charge in [0.25, 0.3) is 0 Å². The van der Waals surface area contributed by atoms with E-state index in [2.05, 4.69) is 0 Å². The van der Waals surface area contributed by atoms with Gasteiger partial charge in [0, 0.05) is 89.7 Å². The van der Waals surface area contributed by atoms with Gasteiger partial charge in [0.2, 0.25) is 0 Å². The van der Waals surface area contributed by atoms with Gasteiger partial charge in [-0.15, -0.1) is 0 Å². The Morgan fingerprint density at radius 3 is 0.420 bits per heavy atom. The summed E-state index contributed by atoms with van der Waals surface area (Å²) in [5.41, 5.74) is 11.6. The maximum Gasteiger partial charge on any atom is 4.00 e. The first kappa shape index (κ1) is 46.9. The molecule has 18 rings (SSSR count). The second-order valence-electron chi connectivity index (χ2n) is 19.3. The molecule has 0 fully saturated rings. The van der Waals surface area contributed by atoms with E-state index < -0.39 is 0 Å². The normalized spacial score (nSPS) is 11.9. The van der Waals surface area contributed by atoms with Gasteiger partial charge in [-0.05, 0) is 43.1 Å². The standard InChI is InChI=1S/2C32H16N8.Ce/c2*1-2-10-18-17(9-1)25-33-26(18)38-28-21-13-5-6-14-22(21)30(35-28)40-32-24-16-8-7-15-23(24)31(36-32)39-29-20-12-4-3-11-19(20)27(34-29)37-25;/h2*1-16H;/q2*-2;+4. The van der Waals surface area contributed by atoms with Gasteiger partial charge < -0.3 is 59.8 Å². The van der Waals surface area contributed by atoms with Crippen LogP contribution in [0.3, 0.4) is 0 Å². The number of nitrogens with zero attached hydrogens (tertiary/aromatic N) is 16. The average molecular weight is 1170 g/mol. The summed E-state index contributed by atoms with van der Waals surface area (Å²) in [6.07, 6.45) is 0. The van der Waals surface area contributed by atoms with Crippen molar-refractivity contribution in [1.29, 1.82) is 0 Å². The molecule has 10 heterocycles. The van der Waals surface area contributed by atoms with Crippen molar-refractivity contribution in [2.75, 3.05) is 0 Å². The van der Waals surface area contributed by atoms with Gasteiger partial charge in [-0.3, -0.25) is 0 Å². The summed E-state index contributed by atoms with van der Waals surface area (Å²) in [5.74, 6) is 4.42. The first-order chi connectivity index (χ1) is 39.6. The number of aromatic nitrogens is 16. The van der Waals surface area contributed by atoms with Crippen molar-refractivity contribution in [1.82, 2.24) is 79.7 Å². The van der Waals surface area contributed by atoms with Crippen molar-refractivity contribution < 1.29 is 41.7 Å². The quantitative estimate of drug-likeness (QED) is 0.138. The van der Waals surface area contributed by atoms with Gasteiger partial charge in [-0.2, -0.15) is 0 Å². The Morgan fingerprint density at radius 2 is 0.284 bits per heavy atom. The predicted octanol–water partition coefficient (Wildman–Crippen LogP) is 12.3. The van der Waals surface area contributed by atoms with Gasteiger partial charge in [-0.25, -0.2) is 19.9 Å². The summed E-state index contributed by atoms with van der Waals surface area (Å²) >= 11 is 0. The van der Waals surface area contributed by atoms with E-state index in [1.807, 2.05) is 194 Å². The third kappa shape index (κ3) is 7.59. The molecule has 81 heavy (non-hydrogen) atoms. The van der Waals surface area contributed by atoms with E-state index >= 15 is 0 Å². The van der Waals surface area contributed by atoms with E-state index in [1.54, 1.807) is 0 Å². The molecule has 372 valence electrons. The summed E-state index contributed by atoms with van der Waals surface area (Å²) in [4.78, 5) is 78.5. The Morgan fingerprint density at radius 1 is 0.160 bits per heavy atom. The van der Waals surface area contributed by atoms with Crippen LogP contribution in [-0.4, -0.2) is 59.8 Å². The van der Waals surface area contributed by atoms with Crippen LogP contribution in [0.1, 0.15) is 0 Å². The Hall–Kier alpha value is -10.1. The van der Waals surface area contributed by atoms with E-state index in [9.17, 15) is 0 Å². The molecule has 4 aliphatic rings. The van der Waals surface area contributed by atoms with Crippen LogP contribution in [0.5, 0.6) is 0 Å². The van der Waals surface area contributed by atoms with E-state index in [4.69, 9.17) is 79.7 Å². The fraction of sp³-hybridized carbons (Fsp3) is 0. The SMILES string of the molecule is [Ce+4].c1ccc2c(c1)-c1nc-2nc2[n-]c(nc3nc(nc4[n-]c(n1)c1ccccc41)-c1ccccc1-3)c1ccccc21.c1ccc2c(c1)-c1nc-2nc2[n-]c(nc3nc(nc4[n-]c(n1)c1ccccc41)-c1ccccc1-3)c1ccccc21. The molecule has 14 aromatic rings. The van der Waals surface area contributed by atoms with Crippen LogP contribution in [0.4, 0.5) is 0 Å². The van der Waals surface area contributed by atoms with E-state index in [0.29, 0.717) is 91.8 Å². The molecule has 16 bridgehead atoms. The van der Waals surface area contributed by atoms with Crippen molar-refractivity contribution in [3.8, 4) is 91.1 Å². The van der Waals surface area contributed by atoms with Crippen molar-refractivity contribution in [2.45, 2.75) is 0 Å². The molecule has 0 unspecified atom stereocenters. The minimum Gasteiger partial charge on any atom is -0.357 e. The second kappa shape index (κ2) is 18.5. The van der Waals surface area contributed by atoms with Crippen LogP contribution in [-0.2, 0) is 0 Å².